The molecule has 0 saturated carbocycles. The van der Waals surface area contributed by atoms with Gasteiger partial charge in [-0.3, -0.25) is 4.79 Å². The van der Waals surface area contributed by atoms with Crippen molar-refractivity contribution < 1.29 is 14.3 Å². The minimum absolute atomic E-state index is 0.226. The van der Waals surface area contributed by atoms with Crippen LogP contribution in [0.1, 0.15) is 12.0 Å². The Kier molecular flexibility index (Phi) is 3.97. The van der Waals surface area contributed by atoms with Crippen LogP contribution in [-0.2, 0) is 16.0 Å². The SMILES string of the molecule is COC(=O)CCc1cc(N)cc(OC)c1. The molecule has 15 heavy (non-hydrogen) atoms. The molecule has 1 aromatic carbocycles. The molecule has 0 radical (unpaired) electrons. The summed E-state index contributed by atoms with van der Waals surface area (Å²) in [7, 11) is 2.96. The molecular formula is C11H15NO3. The highest BCUT2D eigenvalue weighted by atomic mass is 16.5. The van der Waals surface area contributed by atoms with Gasteiger partial charge in [-0.25, -0.2) is 0 Å². The Hall–Kier alpha value is -1.71. The van der Waals surface area contributed by atoms with Gasteiger partial charge in [-0.1, -0.05) is 0 Å². The fourth-order valence-electron chi connectivity index (χ4n) is 1.30. The van der Waals surface area contributed by atoms with Gasteiger partial charge in [0.1, 0.15) is 5.75 Å². The number of carbonyl (C=O) groups is 1. The Labute approximate surface area is 89.0 Å². The molecule has 0 unspecified atom stereocenters. The number of benzene rings is 1. The first kappa shape index (κ1) is 11.4. The number of anilines is 1. The molecule has 1 rings (SSSR count). The van der Waals surface area contributed by atoms with Gasteiger partial charge in [0.2, 0.25) is 0 Å². The standard InChI is InChI=1S/C11H15NO3/c1-14-10-6-8(5-9(12)7-10)3-4-11(13)15-2/h5-7H,3-4,12H2,1-2H3. The highest BCUT2D eigenvalue weighted by Crippen LogP contribution is 2.19. The molecule has 0 atom stereocenters. The van der Waals surface area contributed by atoms with Crippen LogP contribution in [0.15, 0.2) is 18.2 Å². The number of esters is 1. The van der Waals surface area contributed by atoms with Crippen LogP contribution in [0.3, 0.4) is 0 Å². The molecule has 0 amide bonds. The van der Waals surface area contributed by atoms with Crippen molar-refractivity contribution >= 4 is 11.7 Å². The summed E-state index contributed by atoms with van der Waals surface area (Å²) in [5.74, 6) is 0.478. The van der Waals surface area contributed by atoms with Crippen molar-refractivity contribution in [3.05, 3.63) is 23.8 Å². The van der Waals surface area contributed by atoms with Crippen molar-refractivity contribution in [3.8, 4) is 5.75 Å². The lowest BCUT2D eigenvalue weighted by molar-refractivity contribution is -0.140. The summed E-state index contributed by atoms with van der Waals surface area (Å²) in [5.41, 5.74) is 7.28. The van der Waals surface area contributed by atoms with Crippen LogP contribution in [0.5, 0.6) is 5.75 Å². The minimum Gasteiger partial charge on any atom is -0.497 e. The molecule has 0 saturated heterocycles. The third-order valence-electron chi connectivity index (χ3n) is 2.07. The minimum atomic E-state index is -0.226. The first-order valence-electron chi connectivity index (χ1n) is 4.66. The van der Waals surface area contributed by atoms with E-state index >= 15 is 0 Å². The van der Waals surface area contributed by atoms with Crippen molar-refractivity contribution in [1.82, 2.24) is 0 Å². The van der Waals surface area contributed by atoms with Crippen molar-refractivity contribution in [3.63, 3.8) is 0 Å². The number of nitrogen functional groups attached to an aromatic ring is 1. The molecule has 0 heterocycles. The van der Waals surface area contributed by atoms with Crippen LogP contribution in [0.2, 0.25) is 0 Å². The maximum atomic E-state index is 10.9. The largest absolute Gasteiger partial charge is 0.497 e. The van der Waals surface area contributed by atoms with Crippen LogP contribution in [-0.4, -0.2) is 20.2 Å². The van der Waals surface area contributed by atoms with E-state index < -0.39 is 0 Å². The van der Waals surface area contributed by atoms with Crippen LogP contribution in [0, 0.1) is 0 Å². The Morgan fingerprint density at radius 2 is 2.07 bits per heavy atom. The van der Waals surface area contributed by atoms with Gasteiger partial charge in [0.15, 0.2) is 0 Å². The van der Waals surface area contributed by atoms with Gasteiger partial charge in [0, 0.05) is 18.2 Å². The first-order chi connectivity index (χ1) is 7.15. The van der Waals surface area contributed by atoms with E-state index in [2.05, 4.69) is 4.74 Å². The number of methoxy groups -OCH3 is 2. The molecule has 4 nitrogen and oxygen atoms in total. The molecule has 0 aliphatic rings. The fraction of sp³-hybridized carbons (Fsp3) is 0.364. The average Bonchev–Trinajstić information content (AvgIpc) is 2.25. The smallest absolute Gasteiger partial charge is 0.305 e. The Bertz CT molecular complexity index is 350. The van der Waals surface area contributed by atoms with Crippen LogP contribution < -0.4 is 10.5 Å². The number of carbonyl (C=O) groups excluding carboxylic acids is 1. The van der Waals surface area contributed by atoms with Crippen molar-refractivity contribution in [2.24, 2.45) is 0 Å². The Morgan fingerprint density at radius 1 is 1.33 bits per heavy atom. The highest BCUT2D eigenvalue weighted by molar-refractivity contribution is 5.69. The number of aryl methyl sites for hydroxylation is 1. The molecule has 0 spiro atoms. The van der Waals surface area contributed by atoms with E-state index in [1.54, 1.807) is 13.2 Å². The molecule has 0 fully saturated rings. The second-order valence-corrected chi connectivity index (χ2v) is 3.19. The van der Waals surface area contributed by atoms with Gasteiger partial charge in [0.25, 0.3) is 0 Å². The van der Waals surface area contributed by atoms with E-state index in [1.807, 2.05) is 12.1 Å². The zero-order valence-electron chi connectivity index (χ0n) is 8.95. The van der Waals surface area contributed by atoms with Crippen molar-refractivity contribution in [1.29, 1.82) is 0 Å². The number of ether oxygens (including phenoxy) is 2. The lowest BCUT2D eigenvalue weighted by Gasteiger charge is -2.06. The molecule has 0 bridgehead atoms. The van der Waals surface area contributed by atoms with Gasteiger partial charge >= 0.3 is 5.97 Å². The number of rotatable bonds is 4. The lowest BCUT2D eigenvalue weighted by atomic mass is 10.1. The molecule has 0 aliphatic carbocycles. The van der Waals surface area contributed by atoms with Gasteiger partial charge in [0.05, 0.1) is 14.2 Å². The predicted molar refractivity (Wildman–Crippen MR) is 57.7 cm³/mol. The Balaban J connectivity index is 2.68. The van der Waals surface area contributed by atoms with Crippen molar-refractivity contribution in [2.45, 2.75) is 12.8 Å². The van der Waals surface area contributed by atoms with E-state index in [9.17, 15) is 4.79 Å². The topological polar surface area (TPSA) is 61.5 Å². The molecule has 0 aliphatic heterocycles. The summed E-state index contributed by atoms with van der Waals surface area (Å²) in [6, 6.07) is 5.42. The zero-order chi connectivity index (χ0) is 11.3. The number of hydrogen-bond acceptors (Lipinski definition) is 4. The first-order valence-corrected chi connectivity index (χ1v) is 4.66. The third-order valence-corrected chi connectivity index (χ3v) is 2.07. The van der Waals surface area contributed by atoms with E-state index in [4.69, 9.17) is 10.5 Å². The highest BCUT2D eigenvalue weighted by Gasteiger charge is 2.03. The summed E-state index contributed by atoms with van der Waals surface area (Å²) >= 11 is 0. The number of hydrogen-bond donors (Lipinski definition) is 1. The second kappa shape index (κ2) is 5.24. The van der Waals surface area contributed by atoms with Gasteiger partial charge in [-0.05, 0) is 24.1 Å². The predicted octanol–water partition coefficient (Wildman–Crippen LogP) is 1.38. The second-order valence-electron chi connectivity index (χ2n) is 3.19. The summed E-state index contributed by atoms with van der Waals surface area (Å²) in [5, 5.41) is 0. The normalized spacial score (nSPS) is 9.73. The monoisotopic (exact) mass is 209 g/mol. The molecule has 4 heteroatoms. The summed E-state index contributed by atoms with van der Waals surface area (Å²) in [4.78, 5) is 10.9. The van der Waals surface area contributed by atoms with Gasteiger partial charge in [-0.2, -0.15) is 0 Å². The molecule has 2 N–H and O–H groups in total. The fourth-order valence-corrected chi connectivity index (χ4v) is 1.30. The van der Waals surface area contributed by atoms with E-state index in [0.717, 1.165) is 5.56 Å². The Morgan fingerprint density at radius 3 is 2.67 bits per heavy atom. The maximum Gasteiger partial charge on any atom is 0.305 e. The van der Waals surface area contributed by atoms with Crippen LogP contribution in [0.25, 0.3) is 0 Å². The molecule has 82 valence electrons. The average molecular weight is 209 g/mol. The maximum absolute atomic E-state index is 10.9. The number of nitrogens with two attached hydrogens (primary N) is 1. The summed E-state index contributed by atoms with van der Waals surface area (Å²) < 4.78 is 9.63. The van der Waals surface area contributed by atoms with Gasteiger partial charge < -0.3 is 15.2 Å². The van der Waals surface area contributed by atoms with Gasteiger partial charge in [-0.15, -0.1) is 0 Å². The molecule has 1 aromatic rings. The van der Waals surface area contributed by atoms with E-state index in [-0.39, 0.29) is 5.97 Å². The van der Waals surface area contributed by atoms with E-state index in [1.165, 1.54) is 7.11 Å². The third kappa shape index (κ3) is 3.50. The zero-order valence-corrected chi connectivity index (χ0v) is 8.95. The summed E-state index contributed by atoms with van der Waals surface area (Å²) in [6.07, 6.45) is 0.956. The van der Waals surface area contributed by atoms with Crippen LogP contribution in [0.4, 0.5) is 5.69 Å². The van der Waals surface area contributed by atoms with Crippen molar-refractivity contribution in [2.75, 3.05) is 20.0 Å². The lowest BCUT2D eigenvalue weighted by Crippen LogP contribution is -2.02. The summed E-state index contributed by atoms with van der Waals surface area (Å²) in [6.45, 7) is 0. The molecule has 0 aromatic heterocycles. The van der Waals surface area contributed by atoms with Crippen LogP contribution >= 0.6 is 0 Å². The molecular weight excluding hydrogens is 194 g/mol. The van der Waals surface area contributed by atoms with E-state index in [0.29, 0.717) is 24.3 Å². The quantitative estimate of drug-likeness (QED) is 0.601.